The molecular formula is C28H30F2N6O2. The SMILES string of the molecule is CCc1cc(O)c(F)cc1N=C(N)c1cnn2cc(-c3cc(F)c(O)cc3C)cc2c1N[C@@H]1CC[C@H](N)C1. The lowest BCUT2D eigenvalue weighted by Gasteiger charge is -2.18. The number of hydrogen-bond acceptors (Lipinski definition) is 6. The molecule has 0 radical (unpaired) electrons. The quantitative estimate of drug-likeness (QED) is 0.182. The van der Waals surface area contributed by atoms with Crippen LogP contribution in [-0.2, 0) is 6.42 Å². The fourth-order valence-corrected chi connectivity index (χ4v) is 5.05. The number of nitrogens with one attached hydrogen (secondary N) is 1. The van der Waals surface area contributed by atoms with Gasteiger partial charge in [0.1, 0.15) is 5.84 Å². The molecule has 2 heterocycles. The molecule has 0 aliphatic heterocycles. The number of aryl methyl sites for hydroxylation is 2. The van der Waals surface area contributed by atoms with Crippen molar-refractivity contribution in [3.05, 3.63) is 71.1 Å². The zero-order valence-corrected chi connectivity index (χ0v) is 21.2. The Hall–Kier alpha value is -4.18. The third-order valence-electron chi connectivity index (χ3n) is 7.11. The van der Waals surface area contributed by atoms with Crippen LogP contribution in [0.1, 0.15) is 42.9 Å². The number of nitrogens with zero attached hydrogens (tertiary/aromatic N) is 3. The summed E-state index contributed by atoms with van der Waals surface area (Å²) in [6.07, 6.45) is 6.44. The summed E-state index contributed by atoms with van der Waals surface area (Å²) >= 11 is 0. The van der Waals surface area contributed by atoms with Crippen molar-refractivity contribution in [1.82, 2.24) is 9.61 Å². The first-order valence-corrected chi connectivity index (χ1v) is 12.5. The van der Waals surface area contributed by atoms with Crippen LogP contribution in [0.15, 0.2) is 47.7 Å². The van der Waals surface area contributed by atoms with Crippen molar-refractivity contribution in [2.45, 2.75) is 51.6 Å². The van der Waals surface area contributed by atoms with Crippen LogP contribution in [0, 0.1) is 18.6 Å². The molecule has 0 spiro atoms. The summed E-state index contributed by atoms with van der Waals surface area (Å²) in [7, 11) is 0. The summed E-state index contributed by atoms with van der Waals surface area (Å²) in [5.74, 6) is -2.22. The van der Waals surface area contributed by atoms with Crippen molar-refractivity contribution < 1.29 is 19.0 Å². The van der Waals surface area contributed by atoms with Gasteiger partial charge in [-0.2, -0.15) is 5.10 Å². The van der Waals surface area contributed by atoms with Gasteiger partial charge < -0.3 is 27.0 Å². The number of nitrogens with two attached hydrogens (primary N) is 2. The summed E-state index contributed by atoms with van der Waals surface area (Å²) in [5.41, 5.74) is 17.5. The average Bonchev–Trinajstić information content (AvgIpc) is 3.49. The lowest BCUT2D eigenvalue weighted by atomic mass is 10.0. The largest absolute Gasteiger partial charge is 0.505 e. The van der Waals surface area contributed by atoms with Crippen molar-refractivity contribution in [2.75, 3.05) is 5.32 Å². The highest BCUT2D eigenvalue weighted by Crippen LogP contribution is 2.35. The van der Waals surface area contributed by atoms with Crippen LogP contribution >= 0.6 is 0 Å². The number of phenolic OH excluding ortho intramolecular Hbond substituents is 2. The number of rotatable bonds is 6. The molecule has 8 nitrogen and oxygen atoms in total. The predicted octanol–water partition coefficient (Wildman–Crippen LogP) is 4.89. The second kappa shape index (κ2) is 9.94. The van der Waals surface area contributed by atoms with Crippen molar-refractivity contribution in [1.29, 1.82) is 0 Å². The maximum absolute atomic E-state index is 14.2. The number of anilines is 1. The number of aromatic hydroxyl groups is 2. The van der Waals surface area contributed by atoms with Gasteiger partial charge in [0.25, 0.3) is 0 Å². The summed E-state index contributed by atoms with van der Waals surface area (Å²) in [6.45, 7) is 3.67. The first-order valence-electron chi connectivity index (χ1n) is 12.5. The minimum atomic E-state index is -0.784. The molecule has 2 aromatic carbocycles. The van der Waals surface area contributed by atoms with Gasteiger partial charge >= 0.3 is 0 Å². The molecule has 0 unspecified atom stereocenters. The van der Waals surface area contributed by atoms with Crippen LogP contribution in [0.25, 0.3) is 16.6 Å². The average molecular weight is 521 g/mol. The molecule has 1 aliphatic carbocycles. The number of hydrogen-bond donors (Lipinski definition) is 5. The van der Waals surface area contributed by atoms with Gasteiger partial charge in [0.15, 0.2) is 23.1 Å². The molecule has 198 valence electrons. The van der Waals surface area contributed by atoms with Crippen molar-refractivity contribution in [3.8, 4) is 22.6 Å². The molecule has 2 atom stereocenters. The second-order valence-electron chi connectivity index (χ2n) is 9.81. The lowest BCUT2D eigenvalue weighted by molar-refractivity contribution is 0.432. The van der Waals surface area contributed by atoms with E-state index in [1.165, 1.54) is 18.2 Å². The van der Waals surface area contributed by atoms with Gasteiger partial charge in [-0.05, 0) is 73.6 Å². The number of phenols is 2. The maximum atomic E-state index is 14.2. The smallest absolute Gasteiger partial charge is 0.166 e. The topological polar surface area (TPSA) is 134 Å². The molecule has 10 heteroatoms. The Bertz CT molecular complexity index is 1570. The number of aliphatic imine (C=N–C) groups is 1. The summed E-state index contributed by atoms with van der Waals surface area (Å²) in [5, 5.41) is 27.6. The van der Waals surface area contributed by atoms with Crippen molar-refractivity contribution in [3.63, 3.8) is 0 Å². The predicted molar refractivity (Wildman–Crippen MR) is 144 cm³/mol. The minimum absolute atomic E-state index is 0.0943. The molecule has 38 heavy (non-hydrogen) atoms. The van der Waals surface area contributed by atoms with Crippen LogP contribution in [0.3, 0.4) is 0 Å². The third-order valence-corrected chi connectivity index (χ3v) is 7.11. The molecule has 0 saturated heterocycles. The molecule has 5 rings (SSSR count). The molecule has 0 bridgehead atoms. The van der Waals surface area contributed by atoms with Gasteiger partial charge in [0.05, 0.1) is 28.7 Å². The van der Waals surface area contributed by atoms with E-state index < -0.39 is 23.1 Å². The van der Waals surface area contributed by atoms with Gasteiger partial charge in [-0.25, -0.2) is 18.3 Å². The molecular weight excluding hydrogens is 490 g/mol. The molecule has 1 aliphatic rings. The fraction of sp³-hybridized carbons (Fsp3) is 0.286. The fourth-order valence-electron chi connectivity index (χ4n) is 5.05. The molecule has 0 amide bonds. The van der Waals surface area contributed by atoms with Gasteiger partial charge in [-0.15, -0.1) is 0 Å². The van der Waals surface area contributed by atoms with Crippen molar-refractivity contribution >= 4 is 22.7 Å². The van der Waals surface area contributed by atoms with Gasteiger partial charge in [-0.3, -0.25) is 0 Å². The second-order valence-corrected chi connectivity index (χ2v) is 9.81. The Kier molecular flexibility index (Phi) is 6.66. The molecule has 1 saturated carbocycles. The Balaban J connectivity index is 1.66. The number of benzene rings is 2. The Labute approximate surface area is 218 Å². The van der Waals surface area contributed by atoms with E-state index in [1.54, 1.807) is 23.8 Å². The summed E-state index contributed by atoms with van der Waals surface area (Å²) < 4.78 is 30.0. The van der Waals surface area contributed by atoms with E-state index in [4.69, 9.17) is 11.5 Å². The van der Waals surface area contributed by atoms with Crippen LogP contribution in [0.4, 0.5) is 20.2 Å². The van der Waals surface area contributed by atoms with Gasteiger partial charge in [0, 0.05) is 29.9 Å². The minimum Gasteiger partial charge on any atom is -0.505 e. The highest BCUT2D eigenvalue weighted by Gasteiger charge is 2.25. The number of aromatic nitrogens is 2. The first kappa shape index (κ1) is 25.5. The van der Waals surface area contributed by atoms with Crippen LogP contribution < -0.4 is 16.8 Å². The molecule has 4 aromatic rings. The van der Waals surface area contributed by atoms with E-state index >= 15 is 0 Å². The Morgan fingerprint density at radius 1 is 1.13 bits per heavy atom. The lowest BCUT2D eigenvalue weighted by Crippen LogP contribution is -2.24. The standard InChI is InChI=1S/C28H30F2N6O2/c1-3-15-8-26(38)22(30)11-23(15)35-28(32)20-12-33-36-13-16(19-10-21(29)25(37)6-14(19)2)7-24(36)27(20)34-18-5-4-17(31)9-18/h6-8,10-13,17-18,34,37-38H,3-5,9,31H2,1-2H3,(H2,32,35)/t17-,18+/m0/s1. The summed E-state index contributed by atoms with van der Waals surface area (Å²) in [6, 6.07) is 7.26. The molecule has 1 fully saturated rings. The Morgan fingerprint density at radius 2 is 1.87 bits per heavy atom. The monoisotopic (exact) mass is 520 g/mol. The number of fused-ring (bicyclic) bond motifs is 1. The van der Waals surface area contributed by atoms with Crippen LogP contribution in [0.2, 0.25) is 0 Å². The van der Waals surface area contributed by atoms with E-state index in [-0.39, 0.29) is 17.9 Å². The zero-order chi connectivity index (χ0) is 27.1. The highest BCUT2D eigenvalue weighted by atomic mass is 19.1. The number of halogens is 2. The third kappa shape index (κ3) is 4.74. The van der Waals surface area contributed by atoms with E-state index in [0.29, 0.717) is 51.1 Å². The van der Waals surface area contributed by atoms with Crippen LogP contribution in [-0.4, -0.2) is 37.7 Å². The van der Waals surface area contributed by atoms with Crippen LogP contribution in [0.5, 0.6) is 11.5 Å². The van der Waals surface area contributed by atoms with Gasteiger partial charge in [-0.1, -0.05) is 6.92 Å². The highest BCUT2D eigenvalue weighted by molar-refractivity contribution is 6.06. The van der Waals surface area contributed by atoms with Crippen molar-refractivity contribution in [2.24, 2.45) is 16.5 Å². The van der Waals surface area contributed by atoms with E-state index in [2.05, 4.69) is 15.4 Å². The molecule has 2 aromatic heterocycles. The normalized spacial score (nSPS) is 17.9. The van der Waals surface area contributed by atoms with E-state index in [1.807, 2.05) is 13.0 Å². The van der Waals surface area contributed by atoms with E-state index in [9.17, 15) is 19.0 Å². The maximum Gasteiger partial charge on any atom is 0.166 e. The Morgan fingerprint density at radius 3 is 2.58 bits per heavy atom. The zero-order valence-electron chi connectivity index (χ0n) is 21.2. The summed E-state index contributed by atoms with van der Waals surface area (Å²) in [4.78, 5) is 4.51. The van der Waals surface area contributed by atoms with Gasteiger partial charge in [0.2, 0.25) is 0 Å². The van der Waals surface area contributed by atoms with E-state index in [0.717, 1.165) is 25.3 Å². The first-order chi connectivity index (χ1) is 18.1. The number of amidine groups is 1. The molecule has 7 N–H and O–H groups in total.